The standard InChI is InChI=1S/C12H12IN3O/c1-17-10-4-2-9(3-5-10)8-15-12-14-7-6-11(13)16-12/h2-7H,8H2,1H3,(H,14,15,16). The number of anilines is 1. The van der Waals surface area contributed by atoms with Crippen LogP contribution in [-0.4, -0.2) is 17.1 Å². The topological polar surface area (TPSA) is 47.0 Å². The molecule has 1 aromatic carbocycles. The lowest BCUT2D eigenvalue weighted by molar-refractivity contribution is 0.414. The fourth-order valence-corrected chi connectivity index (χ4v) is 1.74. The Morgan fingerprint density at radius 3 is 2.65 bits per heavy atom. The molecule has 1 heterocycles. The highest BCUT2D eigenvalue weighted by Crippen LogP contribution is 2.12. The Balaban J connectivity index is 1.97. The summed E-state index contributed by atoms with van der Waals surface area (Å²) in [5.74, 6) is 1.51. The molecule has 0 aliphatic rings. The number of methoxy groups -OCH3 is 1. The lowest BCUT2D eigenvalue weighted by Gasteiger charge is -2.05. The summed E-state index contributed by atoms with van der Waals surface area (Å²) in [4.78, 5) is 8.40. The van der Waals surface area contributed by atoms with Gasteiger partial charge in [-0.05, 0) is 46.4 Å². The van der Waals surface area contributed by atoms with Gasteiger partial charge in [0.25, 0.3) is 0 Å². The van der Waals surface area contributed by atoms with Crippen molar-refractivity contribution >= 4 is 28.5 Å². The normalized spacial score (nSPS) is 10.0. The summed E-state index contributed by atoms with van der Waals surface area (Å²) < 4.78 is 6.03. The molecule has 0 radical (unpaired) electrons. The third-order valence-corrected chi connectivity index (χ3v) is 2.83. The van der Waals surface area contributed by atoms with E-state index in [1.165, 1.54) is 0 Å². The van der Waals surface area contributed by atoms with Crippen molar-refractivity contribution in [1.82, 2.24) is 9.97 Å². The van der Waals surface area contributed by atoms with E-state index in [0.29, 0.717) is 12.5 Å². The maximum Gasteiger partial charge on any atom is 0.223 e. The van der Waals surface area contributed by atoms with Gasteiger partial charge in [-0.1, -0.05) is 12.1 Å². The molecule has 17 heavy (non-hydrogen) atoms. The van der Waals surface area contributed by atoms with Gasteiger partial charge in [-0.2, -0.15) is 0 Å². The molecule has 1 N–H and O–H groups in total. The van der Waals surface area contributed by atoms with Gasteiger partial charge in [0.2, 0.25) is 5.95 Å². The van der Waals surface area contributed by atoms with Crippen LogP contribution in [0, 0.1) is 3.70 Å². The number of halogens is 1. The van der Waals surface area contributed by atoms with E-state index in [1.54, 1.807) is 13.3 Å². The Kier molecular flexibility index (Phi) is 4.13. The summed E-state index contributed by atoms with van der Waals surface area (Å²) in [6.07, 6.45) is 1.74. The quantitative estimate of drug-likeness (QED) is 0.686. The highest BCUT2D eigenvalue weighted by atomic mass is 127. The van der Waals surface area contributed by atoms with Crippen LogP contribution in [0.1, 0.15) is 5.56 Å². The van der Waals surface area contributed by atoms with E-state index < -0.39 is 0 Å². The number of nitrogens with zero attached hydrogens (tertiary/aromatic N) is 2. The Hall–Kier alpha value is -1.37. The molecular formula is C12H12IN3O. The molecule has 0 saturated carbocycles. The van der Waals surface area contributed by atoms with Crippen LogP contribution in [0.5, 0.6) is 5.75 Å². The minimum absolute atomic E-state index is 0.646. The summed E-state index contributed by atoms with van der Waals surface area (Å²) in [6.45, 7) is 0.698. The summed E-state index contributed by atoms with van der Waals surface area (Å²) >= 11 is 2.16. The molecule has 2 rings (SSSR count). The largest absolute Gasteiger partial charge is 0.497 e. The maximum atomic E-state index is 5.10. The first-order valence-corrected chi connectivity index (χ1v) is 6.21. The van der Waals surface area contributed by atoms with Gasteiger partial charge in [0.15, 0.2) is 0 Å². The van der Waals surface area contributed by atoms with E-state index >= 15 is 0 Å². The van der Waals surface area contributed by atoms with E-state index in [2.05, 4.69) is 37.9 Å². The predicted molar refractivity (Wildman–Crippen MR) is 75.1 cm³/mol. The number of ether oxygens (including phenoxy) is 1. The summed E-state index contributed by atoms with van der Waals surface area (Å²) in [6, 6.07) is 9.76. The van der Waals surface area contributed by atoms with Gasteiger partial charge in [0, 0.05) is 12.7 Å². The van der Waals surface area contributed by atoms with Gasteiger partial charge >= 0.3 is 0 Å². The molecule has 0 saturated heterocycles. The smallest absolute Gasteiger partial charge is 0.223 e. The number of aromatic nitrogens is 2. The first-order valence-electron chi connectivity index (χ1n) is 5.13. The summed E-state index contributed by atoms with van der Waals surface area (Å²) in [7, 11) is 1.66. The first-order chi connectivity index (χ1) is 8.28. The molecule has 0 spiro atoms. The van der Waals surface area contributed by atoms with Gasteiger partial charge in [0.05, 0.1) is 7.11 Å². The molecule has 0 aliphatic carbocycles. The second-order valence-electron chi connectivity index (χ2n) is 3.40. The van der Waals surface area contributed by atoms with Crippen molar-refractivity contribution in [2.24, 2.45) is 0 Å². The molecule has 4 nitrogen and oxygen atoms in total. The zero-order chi connectivity index (χ0) is 12.1. The number of nitrogens with one attached hydrogen (secondary N) is 1. The van der Waals surface area contributed by atoms with Crippen LogP contribution < -0.4 is 10.1 Å². The van der Waals surface area contributed by atoms with Gasteiger partial charge in [-0.3, -0.25) is 0 Å². The third kappa shape index (κ3) is 3.55. The van der Waals surface area contributed by atoms with Crippen LogP contribution in [0.3, 0.4) is 0 Å². The Bertz CT molecular complexity index is 487. The molecule has 0 atom stereocenters. The molecule has 5 heteroatoms. The van der Waals surface area contributed by atoms with Crippen LogP contribution >= 0.6 is 22.6 Å². The average Bonchev–Trinajstić information content (AvgIpc) is 2.37. The van der Waals surface area contributed by atoms with E-state index in [1.807, 2.05) is 30.3 Å². The van der Waals surface area contributed by atoms with Crippen LogP contribution in [0.25, 0.3) is 0 Å². The fraction of sp³-hybridized carbons (Fsp3) is 0.167. The molecule has 1 aromatic heterocycles. The Morgan fingerprint density at radius 2 is 2.00 bits per heavy atom. The zero-order valence-electron chi connectivity index (χ0n) is 9.35. The first kappa shape index (κ1) is 12.1. The van der Waals surface area contributed by atoms with E-state index in [4.69, 9.17) is 4.74 Å². The predicted octanol–water partition coefficient (Wildman–Crippen LogP) is 2.70. The van der Waals surface area contributed by atoms with Crippen molar-refractivity contribution in [2.75, 3.05) is 12.4 Å². The maximum absolute atomic E-state index is 5.10. The summed E-state index contributed by atoms with van der Waals surface area (Å²) in [5.41, 5.74) is 1.16. The molecule has 0 fully saturated rings. The van der Waals surface area contributed by atoms with Crippen molar-refractivity contribution in [1.29, 1.82) is 0 Å². The van der Waals surface area contributed by atoms with Gasteiger partial charge in [0.1, 0.15) is 9.45 Å². The number of hydrogen-bond acceptors (Lipinski definition) is 4. The van der Waals surface area contributed by atoms with E-state index in [0.717, 1.165) is 15.0 Å². The Labute approximate surface area is 114 Å². The molecule has 88 valence electrons. The van der Waals surface area contributed by atoms with Gasteiger partial charge in [-0.25, -0.2) is 9.97 Å². The summed E-state index contributed by atoms with van der Waals surface area (Å²) in [5, 5.41) is 3.17. The van der Waals surface area contributed by atoms with Crippen LogP contribution in [-0.2, 0) is 6.54 Å². The van der Waals surface area contributed by atoms with Gasteiger partial charge in [-0.15, -0.1) is 0 Å². The minimum Gasteiger partial charge on any atom is -0.497 e. The van der Waals surface area contributed by atoms with E-state index in [-0.39, 0.29) is 0 Å². The monoisotopic (exact) mass is 341 g/mol. The van der Waals surface area contributed by atoms with Crippen molar-refractivity contribution < 1.29 is 4.74 Å². The number of benzene rings is 1. The van der Waals surface area contributed by atoms with Crippen molar-refractivity contribution in [2.45, 2.75) is 6.54 Å². The van der Waals surface area contributed by atoms with Crippen molar-refractivity contribution in [3.05, 3.63) is 45.8 Å². The fourth-order valence-electron chi connectivity index (χ4n) is 1.35. The highest BCUT2D eigenvalue weighted by Gasteiger charge is 1.98. The van der Waals surface area contributed by atoms with Gasteiger partial charge < -0.3 is 10.1 Å². The second-order valence-corrected chi connectivity index (χ2v) is 4.51. The van der Waals surface area contributed by atoms with Crippen molar-refractivity contribution in [3.63, 3.8) is 0 Å². The van der Waals surface area contributed by atoms with Crippen LogP contribution in [0.4, 0.5) is 5.95 Å². The lowest BCUT2D eigenvalue weighted by atomic mass is 10.2. The third-order valence-electron chi connectivity index (χ3n) is 2.23. The number of hydrogen-bond donors (Lipinski definition) is 1. The molecule has 0 amide bonds. The zero-order valence-corrected chi connectivity index (χ0v) is 11.5. The van der Waals surface area contributed by atoms with Crippen LogP contribution in [0.15, 0.2) is 36.5 Å². The molecule has 0 aliphatic heterocycles. The molecule has 0 unspecified atom stereocenters. The minimum atomic E-state index is 0.646. The van der Waals surface area contributed by atoms with Crippen LogP contribution in [0.2, 0.25) is 0 Å². The second kappa shape index (κ2) is 5.81. The van der Waals surface area contributed by atoms with E-state index in [9.17, 15) is 0 Å². The molecular weight excluding hydrogens is 329 g/mol. The van der Waals surface area contributed by atoms with Crippen molar-refractivity contribution in [3.8, 4) is 5.75 Å². The lowest BCUT2D eigenvalue weighted by Crippen LogP contribution is -2.03. The number of rotatable bonds is 4. The Morgan fingerprint density at radius 1 is 1.24 bits per heavy atom. The average molecular weight is 341 g/mol. The highest BCUT2D eigenvalue weighted by molar-refractivity contribution is 14.1. The SMILES string of the molecule is COc1ccc(CNc2nccc(I)n2)cc1. The molecule has 2 aromatic rings. The molecule has 0 bridgehead atoms.